The van der Waals surface area contributed by atoms with Crippen molar-refractivity contribution in [2.24, 2.45) is 5.73 Å². The van der Waals surface area contributed by atoms with Crippen LogP contribution in [0.4, 0.5) is 0 Å². The molecule has 0 saturated heterocycles. The van der Waals surface area contributed by atoms with Gasteiger partial charge < -0.3 is 20.1 Å². The Morgan fingerprint density at radius 2 is 1.26 bits per heavy atom. The van der Waals surface area contributed by atoms with Crippen LogP contribution in [0.3, 0.4) is 0 Å². The predicted molar refractivity (Wildman–Crippen MR) is 169 cm³/mol. The number of ether oxygens (including phenoxy) is 2. The van der Waals surface area contributed by atoms with Crippen molar-refractivity contribution in [1.82, 2.24) is 0 Å². The number of allylic oxidation sites excluding steroid dienone is 4. The molecule has 246 valence electrons. The average molecular weight is 618 g/mol. The van der Waals surface area contributed by atoms with E-state index in [9.17, 15) is 19.0 Å². The summed E-state index contributed by atoms with van der Waals surface area (Å²) in [6.45, 7) is 3.59. The van der Waals surface area contributed by atoms with Gasteiger partial charge in [0, 0.05) is 19.4 Å². The third-order valence-electron chi connectivity index (χ3n) is 6.59. The van der Waals surface area contributed by atoms with Gasteiger partial charge in [0.1, 0.15) is 6.61 Å². The van der Waals surface area contributed by atoms with Crippen LogP contribution in [0.15, 0.2) is 24.3 Å². The average Bonchev–Trinajstić information content (AvgIpc) is 2.97. The van der Waals surface area contributed by atoms with Crippen molar-refractivity contribution in [2.45, 2.75) is 142 Å². The van der Waals surface area contributed by atoms with Crippen LogP contribution < -0.4 is 5.73 Å². The lowest BCUT2D eigenvalue weighted by molar-refractivity contribution is -0.161. The van der Waals surface area contributed by atoms with Gasteiger partial charge in [0.2, 0.25) is 0 Å². The second-order valence-electron chi connectivity index (χ2n) is 10.7. The molecule has 0 aromatic carbocycles. The molecule has 0 fully saturated rings. The van der Waals surface area contributed by atoms with Gasteiger partial charge in [-0.3, -0.25) is 18.6 Å². The van der Waals surface area contributed by atoms with Crippen molar-refractivity contribution < 1.29 is 37.6 Å². The molecule has 0 aliphatic rings. The van der Waals surface area contributed by atoms with Crippen molar-refractivity contribution >= 4 is 19.8 Å². The van der Waals surface area contributed by atoms with Crippen LogP contribution >= 0.6 is 7.82 Å². The van der Waals surface area contributed by atoms with E-state index in [0.29, 0.717) is 6.42 Å². The highest BCUT2D eigenvalue weighted by Gasteiger charge is 2.25. The zero-order valence-electron chi connectivity index (χ0n) is 26.5. The summed E-state index contributed by atoms with van der Waals surface area (Å²) in [5, 5.41) is 0. The highest BCUT2D eigenvalue weighted by Crippen LogP contribution is 2.43. The highest BCUT2D eigenvalue weighted by molar-refractivity contribution is 7.47. The number of phosphoric ester groups is 1. The first-order valence-electron chi connectivity index (χ1n) is 16.3. The Balaban J connectivity index is 4.31. The molecule has 0 aliphatic carbocycles. The number of unbranched alkanes of at least 4 members (excludes halogenated alkanes) is 13. The number of nitrogens with two attached hydrogens (primary N) is 1. The molecule has 0 rings (SSSR count). The van der Waals surface area contributed by atoms with E-state index < -0.39 is 32.5 Å². The van der Waals surface area contributed by atoms with E-state index in [1.54, 1.807) is 0 Å². The quantitative estimate of drug-likeness (QED) is 0.0355. The maximum absolute atomic E-state index is 12.4. The van der Waals surface area contributed by atoms with Gasteiger partial charge in [-0.05, 0) is 38.5 Å². The summed E-state index contributed by atoms with van der Waals surface area (Å²) < 4.78 is 32.4. The van der Waals surface area contributed by atoms with Crippen molar-refractivity contribution in [1.29, 1.82) is 0 Å². The zero-order chi connectivity index (χ0) is 31.2. The second-order valence-corrected chi connectivity index (χ2v) is 12.1. The van der Waals surface area contributed by atoms with Gasteiger partial charge in [-0.1, -0.05) is 109 Å². The molecule has 0 spiro atoms. The number of carbonyl (C=O) groups is 2. The number of esters is 2. The predicted octanol–water partition coefficient (Wildman–Crippen LogP) is 8.10. The standard InChI is InChI=1S/C32H60NO8P/c1-3-5-7-9-11-12-13-14-15-16-17-19-21-23-25-32(35)41-30(29-40-42(36,37)39-27-26-33)28-38-31(34)24-22-20-18-10-8-6-4-2/h9,11,13-14,30H,3-8,10,12,15-29,33H2,1-2H3,(H,36,37)/b11-9-,14-13-. The second kappa shape index (κ2) is 29.6. The van der Waals surface area contributed by atoms with Crippen molar-refractivity contribution in [2.75, 3.05) is 26.4 Å². The molecule has 0 aromatic rings. The van der Waals surface area contributed by atoms with E-state index in [1.165, 1.54) is 38.5 Å². The molecule has 2 atom stereocenters. The summed E-state index contributed by atoms with van der Waals surface area (Å²) in [7, 11) is -4.36. The molecule has 0 bridgehead atoms. The van der Waals surface area contributed by atoms with Crippen LogP contribution in [0, 0.1) is 0 Å². The highest BCUT2D eigenvalue weighted by atomic mass is 31.2. The molecule has 0 aliphatic heterocycles. The van der Waals surface area contributed by atoms with Gasteiger partial charge in [0.25, 0.3) is 0 Å². The van der Waals surface area contributed by atoms with Crippen LogP contribution in [0.5, 0.6) is 0 Å². The van der Waals surface area contributed by atoms with Gasteiger partial charge in [-0.25, -0.2) is 4.57 Å². The SMILES string of the molecule is CCCC/C=C\C/C=C\CCCCCCCC(=O)OC(COC(=O)CCCCCCCCC)COP(=O)(O)OCCN. The Kier molecular flexibility index (Phi) is 28.5. The lowest BCUT2D eigenvalue weighted by Gasteiger charge is -2.19. The molecule has 10 heteroatoms. The number of phosphoric acid groups is 1. The normalized spacial score (nSPS) is 13.9. The monoisotopic (exact) mass is 617 g/mol. The Hall–Kier alpha value is -1.51. The van der Waals surface area contributed by atoms with Gasteiger partial charge in [-0.15, -0.1) is 0 Å². The fourth-order valence-corrected chi connectivity index (χ4v) is 4.88. The van der Waals surface area contributed by atoms with E-state index in [2.05, 4.69) is 38.2 Å². The summed E-state index contributed by atoms with van der Waals surface area (Å²) in [6.07, 6.45) is 26.5. The molecule has 0 heterocycles. The third-order valence-corrected chi connectivity index (χ3v) is 7.57. The summed E-state index contributed by atoms with van der Waals surface area (Å²) in [6, 6.07) is 0. The molecular weight excluding hydrogens is 557 g/mol. The maximum atomic E-state index is 12.4. The topological polar surface area (TPSA) is 134 Å². The maximum Gasteiger partial charge on any atom is 0.472 e. The first-order chi connectivity index (χ1) is 20.3. The smallest absolute Gasteiger partial charge is 0.462 e. The minimum absolute atomic E-state index is 0.0516. The molecule has 42 heavy (non-hydrogen) atoms. The van der Waals surface area contributed by atoms with Crippen molar-refractivity contribution in [3.8, 4) is 0 Å². The first-order valence-corrected chi connectivity index (χ1v) is 17.8. The van der Waals surface area contributed by atoms with E-state index in [-0.39, 0.29) is 32.6 Å². The lowest BCUT2D eigenvalue weighted by Crippen LogP contribution is -2.29. The van der Waals surface area contributed by atoms with Crippen molar-refractivity contribution in [3.63, 3.8) is 0 Å². The van der Waals surface area contributed by atoms with E-state index >= 15 is 0 Å². The zero-order valence-corrected chi connectivity index (χ0v) is 27.4. The summed E-state index contributed by atoms with van der Waals surface area (Å²) in [5.74, 6) is -0.855. The fourth-order valence-electron chi connectivity index (χ4n) is 4.12. The van der Waals surface area contributed by atoms with Gasteiger partial charge in [-0.2, -0.15) is 0 Å². The molecule has 0 amide bonds. The molecule has 0 saturated carbocycles. The molecule has 0 radical (unpaired) electrons. The van der Waals surface area contributed by atoms with Gasteiger partial charge in [0.15, 0.2) is 6.10 Å². The van der Waals surface area contributed by atoms with E-state index in [4.69, 9.17) is 24.3 Å². The number of hydrogen-bond acceptors (Lipinski definition) is 8. The van der Waals surface area contributed by atoms with Crippen LogP contribution in [-0.2, 0) is 32.7 Å². The Morgan fingerprint density at radius 1 is 0.714 bits per heavy atom. The third kappa shape index (κ3) is 28.6. The minimum atomic E-state index is -4.36. The Labute approximate surface area is 255 Å². The molecule has 3 N–H and O–H groups in total. The summed E-state index contributed by atoms with van der Waals surface area (Å²) in [4.78, 5) is 34.4. The minimum Gasteiger partial charge on any atom is -0.462 e. The molecule has 0 aromatic heterocycles. The van der Waals surface area contributed by atoms with Crippen LogP contribution in [-0.4, -0.2) is 49.3 Å². The Bertz CT molecular complexity index is 759. The number of carbonyl (C=O) groups excluding carboxylic acids is 2. The summed E-state index contributed by atoms with van der Waals surface area (Å²) in [5.41, 5.74) is 5.30. The van der Waals surface area contributed by atoms with Crippen LogP contribution in [0.25, 0.3) is 0 Å². The lowest BCUT2D eigenvalue weighted by atomic mass is 10.1. The largest absolute Gasteiger partial charge is 0.472 e. The Morgan fingerprint density at radius 3 is 1.88 bits per heavy atom. The number of hydrogen-bond donors (Lipinski definition) is 2. The number of rotatable bonds is 30. The molecule has 9 nitrogen and oxygen atoms in total. The fraction of sp³-hybridized carbons (Fsp3) is 0.812. The van der Waals surface area contributed by atoms with E-state index in [1.807, 2.05) is 0 Å². The molecule has 2 unspecified atom stereocenters. The van der Waals surface area contributed by atoms with Gasteiger partial charge >= 0.3 is 19.8 Å². The summed E-state index contributed by atoms with van der Waals surface area (Å²) >= 11 is 0. The van der Waals surface area contributed by atoms with Crippen molar-refractivity contribution in [3.05, 3.63) is 24.3 Å². The van der Waals surface area contributed by atoms with Gasteiger partial charge in [0.05, 0.1) is 13.2 Å². The van der Waals surface area contributed by atoms with Crippen LogP contribution in [0.1, 0.15) is 136 Å². The van der Waals surface area contributed by atoms with E-state index in [0.717, 1.165) is 64.2 Å². The molecular formula is C32H60NO8P. The van der Waals surface area contributed by atoms with Crippen LogP contribution in [0.2, 0.25) is 0 Å². The first kappa shape index (κ1) is 40.5.